The molecule has 1 N–H and O–H groups in total. The smallest absolute Gasteiger partial charge is 0.387 e. The highest BCUT2D eigenvalue weighted by molar-refractivity contribution is 8.00. The fourth-order valence-corrected chi connectivity index (χ4v) is 4.09. The Morgan fingerprint density at radius 2 is 1.70 bits per heavy atom. The molecule has 1 aliphatic heterocycles. The summed E-state index contributed by atoms with van der Waals surface area (Å²) in [5, 5.41) is 2.84. The first-order chi connectivity index (χ1) is 16.0. The van der Waals surface area contributed by atoms with Crippen LogP contribution in [0.5, 0.6) is 17.2 Å². The van der Waals surface area contributed by atoms with Gasteiger partial charge in [0.25, 0.3) is 5.91 Å². The lowest BCUT2D eigenvalue weighted by Gasteiger charge is -2.19. The van der Waals surface area contributed by atoms with Crippen LogP contribution >= 0.6 is 11.8 Å². The molecule has 0 aromatic heterocycles. The van der Waals surface area contributed by atoms with Gasteiger partial charge in [-0.3, -0.25) is 9.59 Å². The van der Waals surface area contributed by atoms with Crippen molar-refractivity contribution in [2.24, 2.45) is 0 Å². The number of rotatable bonds is 8. The maximum Gasteiger partial charge on any atom is 0.387 e. The zero-order valence-corrected chi connectivity index (χ0v) is 18.1. The number of Topliss-reactive ketones (excluding diaryl/α,β-unsaturated/α-hetero) is 1. The molecule has 6 nitrogen and oxygen atoms in total. The number of ether oxygens (including phenoxy) is 3. The Kier molecular flexibility index (Phi) is 7.09. The molecule has 1 heterocycles. The predicted molar refractivity (Wildman–Crippen MR) is 120 cm³/mol. The number of benzene rings is 3. The third-order valence-electron chi connectivity index (χ3n) is 4.69. The number of hydrogen-bond acceptors (Lipinski definition) is 6. The van der Waals surface area contributed by atoms with E-state index in [4.69, 9.17) is 9.47 Å². The molecule has 0 radical (unpaired) electrons. The van der Waals surface area contributed by atoms with Crippen molar-refractivity contribution in [3.05, 3.63) is 77.9 Å². The first kappa shape index (κ1) is 22.6. The van der Waals surface area contributed by atoms with E-state index < -0.39 is 6.61 Å². The molecule has 1 aliphatic rings. The number of carbonyl (C=O) groups is 2. The van der Waals surface area contributed by atoms with Crippen LogP contribution in [0.2, 0.25) is 0 Å². The average molecular weight is 471 g/mol. The summed E-state index contributed by atoms with van der Waals surface area (Å²) < 4.78 is 39.9. The van der Waals surface area contributed by atoms with Crippen LogP contribution in [0.25, 0.3) is 0 Å². The normalized spacial score (nSPS) is 12.3. The minimum atomic E-state index is -2.92. The second kappa shape index (κ2) is 10.4. The summed E-state index contributed by atoms with van der Waals surface area (Å²) in [4.78, 5) is 26.0. The van der Waals surface area contributed by atoms with Crippen molar-refractivity contribution in [1.29, 1.82) is 0 Å². The molecule has 0 unspecified atom stereocenters. The minimum Gasteiger partial charge on any atom is -0.486 e. The molecule has 0 spiro atoms. The van der Waals surface area contributed by atoms with E-state index in [1.54, 1.807) is 42.5 Å². The molecule has 33 heavy (non-hydrogen) atoms. The van der Waals surface area contributed by atoms with Crippen molar-refractivity contribution in [3.63, 3.8) is 0 Å². The number of anilines is 1. The Labute approximate surface area is 192 Å². The third-order valence-corrected chi connectivity index (χ3v) is 5.77. The molecule has 0 atom stereocenters. The molecular weight excluding hydrogens is 452 g/mol. The number of ketones is 1. The largest absolute Gasteiger partial charge is 0.486 e. The van der Waals surface area contributed by atoms with Crippen molar-refractivity contribution in [2.45, 2.75) is 11.5 Å². The van der Waals surface area contributed by atoms with Gasteiger partial charge in [0.05, 0.1) is 11.3 Å². The highest BCUT2D eigenvalue weighted by atomic mass is 32.2. The predicted octanol–water partition coefficient (Wildman–Crippen LogP) is 5.29. The molecule has 9 heteroatoms. The Morgan fingerprint density at radius 3 is 2.45 bits per heavy atom. The fraction of sp³-hybridized carbons (Fsp3) is 0.167. The molecule has 3 aromatic rings. The van der Waals surface area contributed by atoms with Gasteiger partial charge in [-0.15, -0.1) is 11.8 Å². The quantitative estimate of drug-likeness (QED) is 0.356. The number of thioether (sulfide) groups is 1. The highest BCUT2D eigenvalue weighted by Crippen LogP contribution is 2.33. The van der Waals surface area contributed by atoms with Gasteiger partial charge in [0.1, 0.15) is 19.0 Å². The van der Waals surface area contributed by atoms with Gasteiger partial charge < -0.3 is 19.5 Å². The van der Waals surface area contributed by atoms with E-state index in [0.29, 0.717) is 46.4 Å². The first-order valence-corrected chi connectivity index (χ1v) is 11.0. The summed E-state index contributed by atoms with van der Waals surface area (Å²) in [6.07, 6.45) is 0. The second-order valence-electron chi connectivity index (χ2n) is 6.92. The van der Waals surface area contributed by atoms with Gasteiger partial charge in [0, 0.05) is 22.2 Å². The zero-order valence-electron chi connectivity index (χ0n) is 17.3. The standard InChI is InChI=1S/C24H19F2NO5S/c25-24(26)32-17-8-5-15(6-9-17)19(28)14-33-22-4-2-1-3-18(22)23(29)27-16-7-10-20-21(13-16)31-12-11-30-20/h1-10,13,24H,11-12,14H2,(H,27,29). The van der Waals surface area contributed by atoms with E-state index in [1.807, 2.05) is 0 Å². The second-order valence-corrected chi connectivity index (χ2v) is 7.94. The van der Waals surface area contributed by atoms with Crippen LogP contribution in [0.3, 0.4) is 0 Å². The Hall–Kier alpha value is -3.59. The van der Waals surface area contributed by atoms with Crippen molar-refractivity contribution in [1.82, 2.24) is 0 Å². The highest BCUT2D eigenvalue weighted by Gasteiger charge is 2.16. The number of alkyl halides is 2. The van der Waals surface area contributed by atoms with Gasteiger partial charge in [-0.25, -0.2) is 0 Å². The molecule has 0 fully saturated rings. The van der Waals surface area contributed by atoms with Crippen LogP contribution in [-0.2, 0) is 0 Å². The average Bonchev–Trinajstić information content (AvgIpc) is 2.82. The van der Waals surface area contributed by atoms with Crippen LogP contribution in [0.4, 0.5) is 14.5 Å². The van der Waals surface area contributed by atoms with Gasteiger partial charge in [-0.2, -0.15) is 8.78 Å². The Bertz CT molecular complexity index is 1150. The molecule has 3 aromatic carbocycles. The SMILES string of the molecule is O=C(CSc1ccccc1C(=O)Nc1ccc2c(c1)OCCO2)c1ccc(OC(F)F)cc1. The molecule has 4 rings (SSSR count). The topological polar surface area (TPSA) is 73.9 Å². The Morgan fingerprint density at radius 1 is 0.970 bits per heavy atom. The molecule has 0 saturated carbocycles. The summed E-state index contributed by atoms with van der Waals surface area (Å²) in [5.41, 5.74) is 1.35. The van der Waals surface area contributed by atoms with Gasteiger partial charge in [-0.05, 0) is 48.5 Å². The van der Waals surface area contributed by atoms with E-state index in [1.165, 1.54) is 36.0 Å². The molecule has 0 bridgehead atoms. The van der Waals surface area contributed by atoms with Crippen LogP contribution in [0.1, 0.15) is 20.7 Å². The molecule has 0 aliphatic carbocycles. The maximum absolute atomic E-state index is 12.9. The summed E-state index contributed by atoms with van der Waals surface area (Å²) in [5.74, 6) is 0.722. The first-order valence-electron chi connectivity index (χ1n) is 10.0. The van der Waals surface area contributed by atoms with Gasteiger partial charge in [0.2, 0.25) is 0 Å². The lowest BCUT2D eigenvalue weighted by atomic mass is 10.1. The van der Waals surface area contributed by atoms with E-state index >= 15 is 0 Å². The number of fused-ring (bicyclic) bond motifs is 1. The van der Waals surface area contributed by atoms with Crippen molar-refractivity contribution >= 4 is 29.1 Å². The zero-order chi connectivity index (χ0) is 23.2. The third kappa shape index (κ3) is 5.81. The van der Waals surface area contributed by atoms with E-state index in [-0.39, 0.29) is 23.2 Å². The van der Waals surface area contributed by atoms with E-state index in [0.717, 1.165) is 0 Å². The summed E-state index contributed by atoms with van der Waals surface area (Å²) in [7, 11) is 0. The summed E-state index contributed by atoms with van der Waals surface area (Å²) in [6.45, 7) is -2.00. The minimum absolute atomic E-state index is 0.0182. The van der Waals surface area contributed by atoms with Crippen LogP contribution in [0, 0.1) is 0 Å². The monoisotopic (exact) mass is 471 g/mol. The van der Waals surface area contributed by atoms with E-state index in [9.17, 15) is 18.4 Å². The fourth-order valence-electron chi connectivity index (χ4n) is 3.15. The lowest BCUT2D eigenvalue weighted by Crippen LogP contribution is -2.17. The van der Waals surface area contributed by atoms with Gasteiger partial charge in [-0.1, -0.05) is 12.1 Å². The van der Waals surface area contributed by atoms with Gasteiger partial charge in [0.15, 0.2) is 17.3 Å². The maximum atomic E-state index is 12.9. The number of halogens is 2. The Balaban J connectivity index is 1.41. The lowest BCUT2D eigenvalue weighted by molar-refractivity contribution is -0.0498. The molecule has 0 saturated heterocycles. The van der Waals surface area contributed by atoms with Crippen molar-refractivity contribution in [3.8, 4) is 17.2 Å². The summed E-state index contributed by atoms with van der Waals surface area (Å²) in [6, 6.07) is 17.6. The van der Waals surface area contributed by atoms with Crippen molar-refractivity contribution in [2.75, 3.05) is 24.3 Å². The van der Waals surface area contributed by atoms with Crippen LogP contribution in [-0.4, -0.2) is 37.3 Å². The van der Waals surface area contributed by atoms with Gasteiger partial charge >= 0.3 is 6.61 Å². The molecule has 170 valence electrons. The van der Waals surface area contributed by atoms with Crippen LogP contribution < -0.4 is 19.5 Å². The van der Waals surface area contributed by atoms with E-state index in [2.05, 4.69) is 10.1 Å². The van der Waals surface area contributed by atoms with Crippen LogP contribution in [0.15, 0.2) is 71.6 Å². The molecular formula is C24H19F2NO5S. The number of amides is 1. The van der Waals surface area contributed by atoms with Crippen molar-refractivity contribution < 1.29 is 32.6 Å². The number of carbonyl (C=O) groups excluding carboxylic acids is 2. The summed E-state index contributed by atoms with van der Waals surface area (Å²) >= 11 is 1.22. The number of hydrogen-bond donors (Lipinski definition) is 1. The number of nitrogens with one attached hydrogen (secondary N) is 1. The molecule has 1 amide bonds.